The molecule has 1 atom stereocenters. The van der Waals surface area contributed by atoms with E-state index in [1.54, 1.807) is 6.08 Å². The third-order valence-electron chi connectivity index (χ3n) is 1.52. The van der Waals surface area contributed by atoms with E-state index in [2.05, 4.69) is 6.58 Å². The summed E-state index contributed by atoms with van der Waals surface area (Å²) in [6, 6.07) is 0. The molecule has 0 aliphatic heterocycles. The molecule has 0 amide bonds. The van der Waals surface area contributed by atoms with Crippen LogP contribution < -0.4 is 5.73 Å². The summed E-state index contributed by atoms with van der Waals surface area (Å²) >= 11 is 0. The fraction of sp³-hybridized carbons (Fsp3) is 0.333. The van der Waals surface area contributed by atoms with Crippen LogP contribution in [0.25, 0.3) is 0 Å². The van der Waals surface area contributed by atoms with E-state index in [0.29, 0.717) is 6.61 Å². The maximum Gasteiger partial charge on any atom is 0.0799 e. The first-order valence-corrected chi connectivity index (χ1v) is 3.69. The smallest absolute Gasteiger partial charge is 0.0799 e. The van der Waals surface area contributed by atoms with E-state index < -0.39 is 0 Å². The molecule has 0 saturated heterocycles. The molecule has 2 N–H and O–H groups in total. The number of hydrogen-bond acceptors (Lipinski definition) is 2. The van der Waals surface area contributed by atoms with Gasteiger partial charge in [0.1, 0.15) is 0 Å². The second kappa shape index (κ2) is 3.98. The van der Waals surface area contributed by atoms with Crippen molar-refractivity contribution in [2.24, 2.45) is 5.73 Å². The van der Waals surface area contributed by atoms with Crippen molar-refractivity contribution in [3.63, 3.8) is 0 Å². The van der Waals surface area contributed by atoms with E-state index in [4.69, 9.17) is 10.5 Å². The van der Waals surface area contributed by atoms with Gasteiger partial charge in [-0.3, -0.25) is 0 Å². The molecule has 0 aromatic rings. The summed E-state index contributed by atoms with van der Waals surface area (Å²) in [5.74, 6) is 0. The number of ether oxygens (including phenoxy) is 1. The molecule has 2 heteroatoms. The monoisotopic (exact) mass is 151 g/mol. The predicted molar refractivity (Wildman–Crippen MR) is 46.0 cm³/mol. The van der Waals surface area contributed by atoms with Crippen LogP contribution in [0.3, 0.4) is 0 Å². The van der Waals surface area contributed by atoms with Gasteiger partial charge in [-0.2, -0.15) is 0 Å². The molecule has 1 aliphatic rings. The highest BCUT2D eigenvalue weighted by Crippen LogP contribution is 2.09. The molecule has 2 nitrogen and oxygen atoms in total. The summed E-state index contributed by atoms with van der Waals surface area (Å²) in [7, 11) is 0. The predicted octanol–water partition coefficient (Wildman–Crippen LogP) is 1.36. The summed E-state index contributed by atoms with van der Waals surface area (Å²) < 4.78 is 5.38. The number of nitrogens with two attached hydrogens (primary N) is 1. The first kappa shape index (κ1) is 8.08. The standard InChI is InChI=1S/C9H13NO/c1-2-7-11-9-5-3-8(10)4-6-9/h2-5,9H,1,6-7,10H2. The molecule has 60 valence electrons. The molecule has 0 spiro atoms. The van der Waals surface area contributed by atoms with Crippen LogP contribution in [0.15, 0.2) is 36.6 Å². The first-order valence-electron chi connectivity index (χ1n) is 3.69. The molecule has 0 saturated carbocycles. The van der Waals surface area contributed by atoms with Crippen LogP contribution in [0.5, 0.6) is 0 Å². The molecule has 0 fully saturated rings. The van der Waals surface area contributed by atoms with Crippen molar-refractivity contribution >= 4 is 0 Å². The van der Waals surface area contributed by atoms with Gasteiger partial charge in [-0.25, -0.2) is 0 Å². The molecule has 0 radical (unpaired) electrons. The molecular formula is C9H13NO. The molecule has 11 heavy (non-hydrogen) atoms. The van der Waals surface area contributed by atoms with Crippen LogP contribution in [-0.2, 0) is 4.74 Å². The van der Waals surface area contributed by atoms with Crippen LogP contribution in [-0.4, -0.2) is 12.7 Å². The van der Waals surface area contributed by atoms with Gasteiger partial charge in [0.2, 0.25) is 0 Å². The second-order valence-electron chi connectivity index (χ2n) is 2.46. The van der Waals surface area contributed by atoms with Gasteiger partial charge >= 0.3 is 0 Å². The quantitative estimate of drug-likeness (QED) is 0.618. The molecule has 0 aromatic heterocycles. The van der Waals surface area contributed by atoms with Crippen molar-refractivity contribution in [1.82, 2.24) is 0 Å². The molecule has 0 bridgehead atoms. The largest absolute Gasteiger partial charge is 0.399 e. The third kappa shape index (κ3) is 2.60. The summed E-state index contributed by atoms with van der Waals surface area (Å²) in [5, 5.41) is 0. The average molecular weight is 151 g/mol. The molecule has 1 aliphatic carbocycles. The first-order chi connectivity index (χ1) is 5.33. The van der Waals surface area contributed by atoms with Crippen molar-refractivity contribution in [2.75, 3.05) is 6.61 Å². The second-order valence-corrected chi connectivity index (χ2v) is 2.46. The lowest BCUT2D eigenvalue weighted by molar-refractivity contribution is 0.110. The Bertz CT molecular complexity index is 194. The van der Waals surface area contributed by atoms with Gasteiger partial charge < -0.3 is 10.5 Å². The SMILES string of the molecule is C=CCOC1C=CC(N)=CC1. The lowest BCUT2D eigenvalue weighted by Crippen LogP contribution is -2.13. The lowest BCUT2D eigenvalue weighted by atomic mass is 10.1. The number of rotatable bonds is 3. The van der Waals surface area contributed by atoms with Gasteiger partial charge in [0, 0.05) is 5.70 Å². The lowest BCUT2D eigenvalue weighted by Gasteiger charge is -2.13. The highest BCUT2D eigenvalue weighted by atomic mass is 16.5. The molecule has 1 unspecified atom stereocenters. The summed E-state index contributed by atoms with van der Waals surface area (Å²) in [6.45, 7) is 4.17. The van der Waals surface area contributed by atoms with E-state index in [1.807, 2.05) is 18.2 Å². The zero-order valence-electron chi connectivity index (χ0n) is 6.49. The van der Waals surface area contributed by atoms with E-state index in [1.165, 1.54) is 0 Å². The molecule has 1 rings (SSSR count). The topological polar surface area (TPSA) is 35.2 Å². The third-order valence-corrected chi connectivity index (χ3v) is 1.52. The zero-order valence-corrected chi connectivity index (χ0v) is 6.49. The van der Waals surface area contributed by atoms with Gasteiger partial charge in [-0.1, -0.05) is 18.2 Å². The van der Waals surface area contributed by atoms with Crippen molar-refractivity contribution in [3.05, 3.63) is 36.6 Å². The van der Waals surface area contributed by atoms with E-state index in [9.17, 15) is 0 Å². The van der Waals surface area contributed by atoms with Crippen molar-refractivity contribution in [2.45, 2.75) is 12.5 Å². The van der Waals surface area contributed by atoms with Gasteiger partial charge in [0.25, 0.3) is 0 Å². The zero-order chi connectivity index (χ0) is 8.10. The fourth-order valence-corrected chi connectivity index (χ4v) is 0.933. The highest BCUT2D eigenvalue weighted by Gasteiger charge is 2.05. The molecular weight excluding hydrogens is 138 g/mol. The van der Waals surface area contributed by atoms with E-state index >= 15 is 0 Å². The Morgan fingerprint density at radius 3 is 3.18 bits per heavy atom. The Labute approximate surface area is 67.0 Å². The van der Waals surface area contributed by atoms with Gasteiger partial charge in [0.05, 0.1) is 12.7 Å². The van der Waals surface area contributed by atoms with Crippen molar-refractivity contribution < 1.29 is 4.74 Å². The average Bonchev–Trinajstić information content (AvgIpc) is 2.04. The van der Waals surface area contributed by atoms with Crippen LogP contribution in [0, 0.1) is 0 Å². The van der Waals surface area contributed by atoms with Crippen LogP contribution in [0.4, 0.5) is 0 Å². The molecule has 0 aromatic carbocycles. The van der Waals surface area contributed by atoms with Gasteiger partial charge in [0.15, 0.2) is 0 Å². The Hall–Kier alpha value is -1.02. The Kier molecular flexibility index (Phi) is 2.93. The van der Waals surface area contributed by atoms with Gasteiger partial charge in [-0.15, -0.1) is 6.58 Å². The summed E-state index contributed by atoms with van der Waals surface area (Å²) in [4.78, 5) is 0. The van der Waals surface area contributed by atoms with E-state index in [0.717, 1.165) is 12.1 Å². The Balaban J connectivity index is 2.31. The normalized spacial score (nSPS) is 22.9. The highest BCUT2D eigenvalue weighted by molar-refractivity contribution is 5.21. The van der Waals surface area contributed by atoms with Crippen molar-refractivity contribution in [1.29, 1.82) is 0 Å². The minimum atomic E-state index is 0.181. The minimum Gasteiger partial charge on any atom is -0.399 e. The number of hydrogen-bond donors (Lipinski definition) is 1. The van der Waals surface area contributed by atoms with Crippen LogP contribution in [0.2, 0.25) is 0 Å². The van der Waals surface area contributed by atoms with Crippen molar-refractivity contribution in [3.8, 4) is 0 Å². The van der Waals surface area contributed by atoms with Gasteiger partial charge in [-0.05, 0) is 12.5 Å². The van der Waals surface area contributed by atoms with E-state index in [-0.39, 0.29) is 6.10 Å². The van der Waals surface area contributed by atoms with Crippen LogP contribution in [0.1, 0.15) is 6.42 Å². The molecule has 0 heterocycles. The minimum absolute atomic E-state index is 0.181. The maximum atomic E-state index is 5.52. The summed E-state index contributed by atoms with van der Waals surface area (Å²) in [6.07, 6.45) is 8.61. The van der Waals surface area contributed by atoms with Crippen LogP contribution >= 0.6 is 0 Å². The maximum absolute atomic E-state index is 5.52. The Morgan fingerprint density at radius 1 is 1.82 bits per heavy atom. The number of allylic oxidation sites excluding steroid dienone is 1. The Morgan fingerprint density at radius 2 is 2.64 bits per heavy atom. The summed E-state index contributed by atoms with van der Waals surface area (Å²) in [5.41, 5.74) is 6.35. The fourth-order valence-electron chi connectivity index (χ4n) is 0.933.